The third-order valence-corrected chi connectivity index (χ3v) is 2.89. The van der Waals surface area contributed by atoms with Crippen LogP contribution in [0.25, 0.3) is 0 Å². The van der Waals surface area contributed by atoms with E-state index in [1.807, 2.05) is 24.3 Å². The SMILES string of the molecule is CCCCCc1ccc(/C(N)=N/OC(=O)CCl)cc1. The van der Waals surface area contributed by atoms with Crippen molar-refractivity contribution in [1.82, 2.24) is 0 Å². The van der Waals surface area contributed by atoms with E-state index < -0.39 is 5.97 Å². The normalized spacial score (nSPS) is 11.4. The van der Waals surface area contributed by atoms with Gasteiger partial charge in [0.05, 0.1) is 0 Å². The van der Waals surface area contributed by atoms with Crippen LogP contribution >= 0.6 is 11.6 Å². The van der Waals surface area contributed by atoms with Crippen molar-refractivity contribution in [2.45, 2.75) is 32.6 Å². The summed E-state index contributed by atoms with van der Waals surface area (Å²) >= 11 is 5.28. The predicted molar refractivity (Wildman–Crippen MR) is 77.2 cm³/mol. The average Bonchev–Trinajstić information content (AvgIpc) is 2.45. The molecule has 0 aromatic heterocycles. The molecule has 0 aliphatic carbocycles. The fraction of sp³-hybridized carbons (Fsp3) is 0.429. The summed E-state index contributed by atoms with van der Waals surface area (Å²) in [6, 6.07) is 7.76. The summed E-state index contributed by atoms with van der Waals surface area (Å²) in [6.07, 6.45) is 4.70. The first-order chi connectivity index (χ1) is 9.17. The molecule has 4 nitrogen and oxygen atoms in total. The van der Waals surface area contributed by atoms with E-state index in [1.54, 1.807) is 0 Å². The van der Waals surface area contributed by atoms with Gasteiger partial charge in [-0.05, 0) is 18.4 Å². The van der Waals surface area contributed by atoms with Crippen LogP contribution in [0.1, 0.15) is 37.3 Å². The van der Waals surface area contributed by atoms with Gasteiger partial charge < -0.3 is 10.6 Å². The van der Waals surface area contributed by atoms with Gasteiger partial charge >= 0.3 is 5.97 Å². The molecule has 19 heavy (non-hydrogen) atoms. The summed E-state index contributed by atoms with van der Waals surface area (Å²) in [5.41, 5.74) is 7.69. The van der Waals surface area contributed by atoms with Crippen molar-refractivity contribution in [2.24, 2.45) is 10.9 Å². The van der Waals surface area contributed by atoms with Crippen molar-refractivity contribution in [3.63, 3.8) is 0 Å². The first kappa shape index (κ1) is 15.5. The number of carbonyl (C=O) groups excluding carboxylic acids is 1. The lowest BCUT2D eigenvalue weighted by Crippen LogP contribution is -2.15. The smallest absolute Gasteiger partial charge is 0.349 e. The molecule has 0 saturated heterocycles. The number of nitrogens with two attached hydrogens (primary N) is 1. The molecular weight excluding hydrogens is 264 g/mol. The third kappa shape index (κ3) is 5.75. The number of unbranched alkanes of at least 4 members (excludes halogenated alkanes) is 2. The molecule has 1 rings (SSSR count). The molecule has 0 bridgehead atoms. The number of hydrogen-bond acceptors (Lipinski definition) is 3. The van der Waals surface area contributed by atoms with E-state index in [-0.39, 0.29) is 11.7 Å². The number of aryl methyl sites for hydroxylation is 1. The van der Waals surface area contributed by atoms with Crippen LogP contribution in [-0.4, -0.2) is 17.7 Å². The van der Waals surface area contributed by atoms with Gasteiger partial charge in [0, 0.05) is 5.56 Å². The number of carbonyl (C=O) groups is 1. The quantitative estimate of drug-likeness (QED) is 0.209. The van der Waals surface area contributed by atoms with Gasteiger partial charge in [0.25, 0.3) is 0 Å². The molecule has 0 aliphatic rings. The average molecular weight is 283 g/mol. The van der Waals surface area contributed by atoms with Crippen LogP contribution in [0.5, 0.6) is 0 Å². The highest BCUT2D eigenvalue weighted by Crippen LogP contribution is 2.09. The molecule has 2 N–H and O–H groups in total. The zero-order chi connectivity index (χ0) is 14.1. The summed E-state index contributed by atoms with van der Waals surface area (Å²) in [7, 11) is 0. The number of alkyl halides is 1. The zero-order valence-electron chi connectivity index (χ0n) is 11.1. The molecule has 0 unspecified atom stereocenters. The summed E-state index contributed by atoms with van der Waals surface area (Å²) in [5.74, 6) is -0.702. The summed E-state index contributed by atoms with van der Waals surface area (Å²) < 4.78 is 0. The Morgan fingerprint density at radius 1 is 1.32 bits per heavy atom. The molecule has 5 heteroatoms. The Morgan fingerprint density at radius 2 is 2.00 bits per heavy atom. The van der Waals surface area contributed by atoms with Crippen molar-refractivity contribution in [1.29, 1.82) is 0 Å². The van der Waals surface area contributed by atoms with Gasteiger partial charge in [0.1, 0.15) is 5.88 Å². The molecule has 0 spiro atoms. The number of benzene rings is 1. The van der Waals surface area contributed by atoms with Crippen LogP contribution in [0.3, 0.4) is 0 Å². The Hall–Kier alpha value is -1.55. The van der Waals surface area contributed by atoms with Crippen LogP contribution in [-0.2, 0) is 16.1 Å². The number of nitrogens with zero attached hydrogens (tertiary/aromatic N) is 1. The molecule has 1 aromatic carbocycles. The highest BCUT2D eigenvalue weighted by atomic mass is 35.5. The van der Waals surface area contributed by atoms with E-state index in [0.717, 1.165) is 12.0 Å². The monoisotopic (exact) mass is 282 g/mol. The number of rotatable bonds is 7. The molecule has 0 saturated carbocycles. The largest absolute Gasteiger partial charge is 0.380 e. The summed E-state index contributed by atoms with van der Waals surface area (Å²) in [4.78, 5) is 15.3. The van der Waals surface area contributed by atoms with E-state index >= 15 is 0 Å². The van der Waals surface area contributed by atoms with E-state index in [0.29, 0.717) is 0 Å². The van der Waals surface area contributed by atoms with E-state index in [2.05, 4.69) is 16.9 Å². The van der Waals surface area contributed by atoms with Gasteiger partial charge in [-0.1, -0.05) is 49.2 Å². The number of amidine groups is 1. The lowest BCUT2D eigenvalue weighted by molar-refractivity contribution is -0.140. The van der Waals surface area contributed by atoms with Gasteiger partial charge in [-0.2, -0.15) is 0 Å². The third-order valence-electron chi connectivity index (χ3n) is 2.67. The Bertz CT molecular complexity index is 430. The number of halogens is 1. The highest BCUT2D eigenvalue weighted by molar-refractivity contribution is 6.26. The second-order valence-corrected chi connectivity index (χ2v) is 4.49. The Kier molecular flexibility index (Phi) is 6.97. The number of oxime groups is 1. The first-order valence-corrected chi connectivity index (χ1v) is 6.89. The lowest BCUT2D eigenvalue weighted by atomic mass is 10.1. The first-order valence-electron chi connectivity index (χ1n) is 6.36. The van der Waals surface area contributed by atoms with Gasteiger partial charge in [-0.25, -0.2) is 4.79 Å². The fourth-order valence-corrected chi connectivity index (χ4v) is 1.65. The van der Waals surface area contributed by atoms with E-state index in [4.69, 9.17) is 17.3 Å². The van der Waals surface area contributed by atoms with Crippen molar-refractivity contribution in [3.8, 4) is 0 Å². The number of hydrogen-bond donors (Lipinski definition) is 1. The maximum Gasteiger partial charge on any atom is 0.349 e. The van der Waals surface area contributed by atoms with Gasteiger partial charge in [0.15, 0.2) is 5.84 Å². The second kappa shape index (κ2) is 8.53. The van der Waals surface area contributed by atoms with Gasteiger partial charge in [-0.3, -0.25) is 0 Å². The molecule has 104 valence electrons. The van der Waals surface area contributed by atoms with Crippen LogP contribution < -0.4 is 5.73 Å². The van der Waals surface area contributed by atoms with Crippen LogP contribution in [0.4, 0.5) is 0 Å². The van der Waals surface area contributed by atoms with Gasteiger partial charge in [0.2, 0.25) is 0 Å². The minimum absolute atomic E-state index is 0.165. The van der Waals surface area contributed by atoms with Crippen molar-refractivity contribution in [3.05, 3.63) is 35.4 Å². The summed E-state index contributed by atoms with van der Waals surface area (Å²) in [6.45, 7) is 2.18. The van der Waals surface area contributed by atoms with E-state index in [1.165, 1.54) is 24.8 Å². The zero-order valence-corrected chi connectivity index (χ0v) is 11.8. The molecule has 0 amide bonds. The minimum Gasteiger partial charge on any atom is -0.380 e. The second-order valence-electron chi connectivity index (χ2n) is 4.23. The van der Waals surface area contributed by atoms with Crippen LogP contribution in [0.15, 0.2) is 29.4 Å². The standard InChI is InChI=1S/C14H19ClN2O2/c1-2-3-4-5-11-6-8-12(9-7-11)14(16)17-19-13(18)10-15/h6-9H,2-5,10H2,1H3,(H2,16,17). The fourth-order valence-electron chi connectivity index (χ4n) is 1.60. The van der Waals surface area contributed by atoms with E-state index in [9.17, 15) is 4.79 Å². The maximum absolute atomic E-state index is 10.8. The minimum atomic E-state index is -0.624. The van der Waals surface area contributed by atoms with Crippen LogP contribution in [0.2, 0.25) is 0 Å². The molecule has 0 radical (unpaired) electrons. The Balaban J connectivity index is 2.57. The Morgan fingerprint density at radius 3 is 2.58 bits per heavy atom. The molecule has 0 aliphatic heterocycles. The van der Waals surface area contributed by atoms with Gasteiger partial charge in [-0.15, -0.1) is 11.6 Å². The Labute approximate surface area is 118 Å². The van der Waals surface area contributed by atoms with Crippen LogP contribution in [0, 0.1) is 0 Å². The molecule has 0 heterocycles. The highest BCUT2D eigenvalue weighted by Gasteiger charge is 2.02. The van der Waals surface area contributed by atoms with Crippen molar-refractivity contribution < 1.29 is 9.63 Å². The maximum atomic E-state index is 10.8. The molecule has 1 aromatic rings. The molecule has 0 atom stereocenters. The van der Waals surface area contributed by atoms with Crippen molar-refractivity contribution in [2.75, 3.05) is 5.88 Å². The molecular formula is C14H19ClN2O2. The van der Waals surface area contributed by atoms with Crippen molar-refractivity contribution >= 4 is 23.4 Å². The predicted octanol–water partition coefficient (Wildman–Crippen LogP) is 2.82. The summed E-state index contributed by atoms with van der Waals surface area (Å²) in [5, 5.41) is 3.53. The lowest BCUT2D eigenvalue weighted by Gasteiger charge is -2.03. The topological polar surface area (TPSA) is 64.7 Å². The molecule has 0 fully saturated rings.